The standard InChI is InChI=1S/C21H25FN2O4/c1-26-18-6-8-19(9-7-18)28-15-21(25)23-14-20(24-10-12-27-13-11-24)16-2-4-17(22)5-3-16/h2-9,20H,10-15H2,1H3,(H,23,25)/t20-/m1/s1. The Balaban J connectivity index is 1.55. The Hall–Kier alpha value is -2.64. The van der Waals surface area contributed by atoms with Crippen LogP contribution in [-0.2, 0) is 9.53 Å². The molecule has 6 nitrogen and oxygen atoms in total. The molecule has 1 amide bonds. The lowest BCUT2D eigenvalue weighted by Crippen LogP contribution is -2.44. The number of ether oxygens (including phenoxy) is 3. The molecule has 1 aliphatic rings. The minimum absolute atomic E-state index is 0.0468. The van der Waals surface area contributed by atoms with Crippen molar-refractivity contribution in [3.63, 3.8) is 0 Å². The second kappa shape index (κ2) is 10.1. The number of hydrogen-bond acceptors (Lipinski definition) is 5. The Morgan fingerprint density at radius 3 is 2.39 bits per heavy atom. The molecule has 1 aliphatic heterocycles. The van der Waals surface area contributed by atoms with E-state index in [1.54, 1.807) is 43.5 Å². The van der Waals surface area contributed by atoms with Crippen LogP contribution in [0.4, 0.5) is 4.39 Å². The normalized spacial score (nSPS) is 15.6. The maximum atomic E-state index is 13.3. The van der Waals surface area contributed by atoms with Crippen molar-refractivity contribution in [1.29, 1.82) is 0 Å². The number of carbonyl (C=O) groups excluding carboxylic acids is 1. The fourth-order valence-corrected chi connectivity index (χ4v) is 3.11. The van der Waals surface area contributed by atoms with Gasteiger partial charge in [-0.15, -0.1) is 0 Å². The largest absolute Gasteiger partial charge is 0.497 e. The van der Waals surface area contributed by atoms with E-state index in [1.807, 2.05) is 0 Å². The van der Waals surface area contributed by atoms with Crippen molar-refractivity contribution in [2.24, 2.45) is 0 Å². The highest BCUT2D eigenvalue weighted by molar-refractivity contribution is 5.77. The van der Waals surface area contributed by atoms with E-state index in [0.717, 1.165) is 24.4 Å². The summed E-state index contributed by atoms with van der Waals surface area (Å²) in [5.41, 5.74) is 0.958. The molecule has 0 radical (unpaired) electrons. The number of carbonyl (C=O) groups is 1. The zero-order valence-electron chi connectivity index (χ0n) is 15.9. The molecule has 1 saturated heterocycles. The van der Waals surface area contributed by atoms with E-state index in [2.05, 4.69) is 10.2 Å². The molecule has 0 saturated carbocycles. The summed E-state index contributed by atoms with van der Waals surface area (Å²) in [7, 11) is 1.59. The number of hydrogen-bond donors (Lipinski definition) is 1. The van der Waals surface area contributed by atoms with Crippen LogP contribution >= 0.6 is 0 Å². The SMILES string of the molecule is COc1ccc(OCC(=O)NC[C@H](c2ccc(F)cc2)N2CCOCC2)cc1. The number of halogens is 1. The van der Waals surface area contributed by atoms with E-state index in [0.29, 0.717) is 25.5 Å². The van der Waals surface area contributed by atoms with Gasteiger partial charge in [-0.05, 0) is 42.0 Å². The maximum absolute atomic E-state index is 13.3. The number of nitrogens with zero attached hydrogens (tertiary/aromatic N) is 1. The lowest BCUT2D eigenvalue weighted by atomic mass is 10.0. The maximum Gasteiger partial charge on any atom is 0.258 e. The first kappa shape index (κ1) is 20.1. The number of nitrogens with one attached hydrogen (secondary N) is 1. The third kappa shape index (κ3) is 5.68. The molecule has 28 heavy (non-hydrogen) atoms. The highest BCUT2D eigenvalue weighted by Crippen LogP contribution is 2.22. The summed E-state index contributed by atoms with van der Waals surface area (Å²) in [5, 5.41) is 2.92. The van der Waals surface area contributed by atoms with Gasteiger partial charge in [-0.2, -0.15) is 0 Å². The number of amides is 1. The first-order valence-corrected chi connectivity index (χ1v) is 9.26. The predicted octanol–water partition coefficient (Wildman–Crippen LogP) is 2.40. The van der Waals surface area contributed by atoms with Crippen molar-refractivity contribution in [1.82, 2.24) is 10.2 Å². The number of morpholine rings is 1. The molecule has 2 aromatic rings. The van der Waals surface area contributed by atoms with Crippen LogP contribution in [0.15, 0.2) is 48.5 Å². The smallest absolute Gasteiger partial charge is 0.258 e. The van der Waals surface area contributed by atoms with Gasteiger partial charge in [0.15, 0.2) is 6.61 Å². The summed E-state index contributed by atoms with van der Waals surface area (Å²) >= 11 is 0. The Labute approximate surface area is 164 Å². The van der Waals surface area contributed by atoms with E-state index in [9.17, 15) is 9.18 Å². The van der Waals surface area contributed by atoms with Gasteiger partial charge in [-0.25, -0.2) is 4.39 Å². The lowest BCUT2D eigenvalue weighted by molar-refractivity contribution is -0.123. The van der Waals surface area contributed by atoms with Crippen molar-refractivity contribution in [2.45, 2.75) is 6.04 Å². The van der Waals surface area contributed by atoms with Crippen molar-refractivity contribution < 1.29 is 23.4 Å². The van der Waals surface area contributed by atoms with Crippen molar-refractivity contribution >= 4 is 5.91 Å². The van der Waals surface area contributed by atoms with E-state index >= 15 is 0 Å². The molecule has 1 fully saturated rings. The van der Waals surface area contributed by atoms with Gasteiger partial charge in [0.05, 0.1) is 26.4 Å². The van der Waals surface area contributed by atoms with Gasteiger partial charge in [0.1, 0.15) is 17.3 Å². The first-order valence-electron chi connectivity index (χ1n) is 9.26. The monoisotopic (exact) mass is 388 g/mol. The molecule has 0 spiro atoms. The summed E-state index contributed by atoms with van der Waals surface area (Å²) in [5.74, 6) is 0.834. The van der Waals surface area contributed by atoms with Crippen molar-refractivity contribution in [3.8, 4) is 11.5 Å². The Bertz CT molecular complexity index is 746. The summed E-state index contributed by atoms with van der Waals surface area (Å²) in [6, 6.07) is 13.4. The van der Waals surface area contributed by atoms with Crippen molar-refractivity contribution in [2.75, 3.05) is 46.6 Å². The summed E-state index contributed by atoms with van der Waals surface area (Å²) in [6.45, 7) is 3.15. The van der Waals surface area contributed by atoms with Crippen molar-refractivity contribution in [3.05, 3.63) is 59.9 Å². The summed E-state index contributed by atoms with van der Waals surface area (Å²) < 4.78 is 29.3. The Morgan fingerprint density at radius 2 is 1.75 bits per heavy atom. The van der Waals surface area contributed by atoms with Crippen LogP contribution in [0.3, 0.4) is 0 Å². The third-order valence-corrected chi connectivity index (χ3v) is 4.66. The van der Waals surface area contributed by atoms with Crippen LogP contribution in [0.25, 0.3) is 0 Å². The van der Waals surface area contributed by atoms with E-state index in [4.69, 9.17) is 14.2 Å². The van der Waals surface area contributed by atoms with E-state index in [-0.39, 0.29) is 24.4 Å². The second-order valence-corrected chi connectivity index (χ2v) is 6.48. The number of benzene rings is 2. The van der Waals surface area contributed by atoms with Gasteiger partial charge >= 0.3 is 0 Å². The van der Waals surface area contributed by atoms with Gasteiger partial charge in [0, 0.05) is 19.6 Å². The van der Waals surface area contributed by atoms with Crippen LogP contribution in [0.5, 0.6) is 11.5 Å². The minimum Gasteiger partial charge on any atom is -0.497 e. The van der Waals surface area contributed by atoms with Crippen LogP contribution in [0.1, 0.15) is 11.6 Å². The molecular weight excluding hydrogens is 363 g/mol. The topological polar surface area (TPSA) is 60.0 Å². The van der Waals surface area contributed by atoms with E-state index in [1.165, 1.54) is 12.1 Å². The van der Waals surface area contributed by atoms with Crippen LogP contribution < -0.4 is 14.8 Å². The average molecular weight is 388 g/mol. The minimum atomic E-state index is -0.276. The molecule has 0 aromatic heterocycles. The zero-order chi connectivity index (χ0) is 19.8. The predicted molar refractivity (Wildman–Crippen MR) is 103 cm³/mol. The van der Waals surface area contributed by atoms with Gasteiger partial charge < -0.3 is 19.5 Å². The van der Waals surface area contributed by atoms with Crippen LogP contribution in [0.2, 0.25) is 0 Å². The molecule has 1 N–H and O–H groups in total. The molecule has 1 heterocycles. The summed E-state index contributed by atoms with van der Waals surface area (Å²) in [4.78, 5) is 14.5. The molecule has 0 unspecified atom stereocenters. The fraction of sp³-hybridized carbons (Fsp3) is 0.381. The molecular formula is C21H25FN2O4. The highest BCUT2D eigenvalue weighted by Gasteiger charge is 2.23. The Kier molecular flexibility index (Phi) is 7.22. The summed E-state index contributed by atoms with van der Waals surface area (Å²) in [6.07, 6.45) is 0. The first-order chi connectivity index (χ1) is 13.7. The molecule has 150 valence electrons. The van der Waals surface area contributed by atoms with Gasteiger partial charge in [-0.1, -0.05) is 12.1 Å². The molecule has 3 rings (SSSR count). The highest BCUT2D eigenvalue weighted by atomic mass is 19.1. The molecule has 0 aliphatic carbocycles. The second-order valence-electron chi connectivity index (χ2n) is 6.48. The van der Waals surface area contributed by atoms with Gasteiger partial charge in [0.2, 0.25) is 0 Å². The quantitative estimate of drug-likeness (QED) is 0.753. The lowest BCUT2D eigenvalue weighted by Gasteiger charge is -2.35. The Morgan fingerprint density at radius 1 is 1.11 bits per heavy atom. The van der Waals surface area contributed by atoms with Gasteiger partial charge in [-0.3, -0.25) is 9.69 Å². The van der Waals surface area contributed by atoms with Crippen LogP contribution in [0, 0.1) is 5.82 Å². The number of rotatable bonds is 8. The van der Waals surface area contributed by atoms with Crippen LogP contribution in [-0.4, -0.2) is 57.4 Å². The van der Waals surface area contributed by atoms with E-state index < -0.39 is 0 Å². The molecule has 0 bridgehead atoms. The number of methoxy groups -OCH3 is 1. The third-order valence-electron chi connectivity index (χ3n) is 4.66. The molecule has 1 atom stereocenters. The molecule has 2 aromatic carbocycles. The zero-order valence-corrected chi connectivity index (χ0v) is 15.9. The van der Waals surface area contributed by atoms with Gasteiger partial charge in [0.25, 0.3) is 5.91 Å². The molecule has 7 heteroatoms. The average Bonchev–Trinajstić information content (AvgIpc) is 2.75. The fourth-order valence-electron chi connectivity index (χ4n) is 3.11.